The average Bonchev–Trinajstić information content (AvgIpc) is 2.42. The van der Waals surface area contributed by atoms with Crippen LogP contribution in [0.3, 0.4) is 0 Å². The first-order chi connectivity index (χ1) is 9.52. The second-order valence-corrected chi connectivity index (χ2v) is 6.57. The fraction of sp³-hybridized carbons (Fsp3) is 0.667. The lowest BCUT2D eigenvalue weighted by Crippen LogP contribution is -2.33. The summed E-state index contributed by atoms with van der Waals surface area (Å²) in [7, 11) is 0. The van der Waals surface area contributed by atoms with Crippen LogP contribution in [-0.2, 0) is 6.54 Å². The van der Waals surface area contributed by atoms with E-state index in [0.29, 0.717) is 12.0 Å². The molecule has 20 heavy (non-hydrogen) atoms. The highest BCUT2D eigenvalue weighted by molar-refractivity contribution is 5.14. The molecule has 0 heterocycles. The third kappa shape index (κ3) is 6.53. The van der Waals surface area contributed by atoms with E-state index < -0.39 is 0 Å². The van der Waals surface area contributed by atoms with Crippen LogP contribution >= 0.6 is 0 Å². The van der Waals surface area contributed by atoms with Crippen molar-refractivity contribution in [3.05, 3.63) is 35.9 Å². The maximum Gasteiger partial charge on any atom is 0.0236 e. The number of nitrogens with zero attached hydrogens (tertiary/aromatic N) is 1. The van der Waals surface area contributed by atoms with E-state index in [-0.39, 0.29) is 0 Å². The van der Waals surface area contributed by atoms with Crippen LogP contribution in [0.15, 0.2) is 30.3 Å². The van der Waals surface area contributed by atoms with Gasteiger partial charge in [0.1, 0.15) is 0 Å². The molecule has 0 radical (unpaired) electrons. The van der Waals surface area contributed by atoms with Crippen LogP contribution in [0.4, 0.5) is 0 Å². The SMILES string of the molecule is CC(C)CC(CN)CCN(Cc1ccccc1)C(C)C. The molecule has 1 atom stereocenters. The van der Waals surface area contributed by atoms with Gasteiger partial charge in [-0.2, -0.15) is 0 Å². The standard InChI is InChI=1S/C18H32N2/c1-15(2)12-18(13-19)10-11-20(16(3)4)14-17-8-6-5-7-9-17/h5-9,15-16,18H,10-14,19H2,1-4H3. The summed E-state index contributed by atoms with van der Waals surface area (Å²) in [6.07, 6.45) is 2.45. The summed E-state index contributed by atoms with van der Waals surface area (Å²) in [6, 6.07) is 11.3. The van der Waals surface area contributed by atoms with Crippen molar-refractivity contribution in [2.75, 3.05) is 13.1 Å². The minimum absolute atomic E-state index is 0.577. The molecule has 0 fully saturated rings. The Balaban J connectivity index is 2.50. The van der Waals surface area contributed by atoms with Crippen molar-refractivity contribution in [3.8, 4) is 0 Å². The summed E-state index contributed by atoms with van der Waals surface area (Å²) in [5, 5.41) is 0. The molecule has 0 spiro atoms. The Kier molecular flexibility index (Phi) is 7.86. The number of nitrogens with two attached hydrogens (primary N) is 1. The molecular formula is C18H32N2. The van der Waals surface area contributed by atoms with Crippen LogP contribution in [0, 0.1) is 11.8 Å². The number of hydrogen-bond acceptors (Lipinski definition) is 2. The van der Waals surface area contributed by atoms with Gasteiger partial charge in [-0.3, -0.25) is 4.90 Å². The molecule has 0 aliphatic heterocycles. The topological polar surface area (TPSA) is 29.3 Å². The molecule has 0 saturated carbocycles. The molecular weight excluding hydrogens is 244 g/mol. The van der Waals surface area contributed by atoms with E-state index in [1.54, 1.807) is 0 Å². The lowest BCUT2D eigenvalue weighted by molar-refractivity contribution is 0.192. The molecule has 1 aromatic carbocycles. The summed E-state index contributed by atoms with van der Waals surface area (Å²) >= 11 is 0. The maximum absolute atomic E-state index is 5.92. The Morgan fingerprint density at radius 1 is 1.05 bits per heavy atom. The van der Waals surface area contributed by atoms with Gasteiger partial charge >= 0.3 is 0 Å². The van der Waals surface area contributed by atoms with Crippen LogP contribution in [0.5, 0.6) is 0 Å². The predicted molar refractivity (Wildman–Crippen MR) is 88.6 cm³/mol. The fourth-order valence-electron chi connectivity index (χ4n) is 2.68. The summed E-state index contributed by atoms with van der Waals surface area (Å²) in [5.74, 6) is 1.40. The van der Waals surface area contributed by atoms with Crippen molar-refractivity contribution >= 4 is 0 Å². The van der Waals surface area contributed by atoms with Crippen LogP contribution < -0.4 is 5.73 Å². The number of benzene rings is 1. The molecule has 0 aliphatic rings. The van der Waals surface area contributed by atoms with E-state index in [1.165, 1.54) is 18.4 Å². The van der Waals surface area contributed by atoms with Crippen molar-refractivity contribution in [1.29, 1.82) is 0 Å². The van der Waals surface area contributed by atoms with Gasteiger partial charge in [0.25, 0.3) is 0 Å². The number of hydrogen-bond donors (Lipinski definition) is 1. The summed E-state index contributed by atoms with van der Waals surface area (Å²) < 4.78 is 0. The summed E-state index contributed by atoms with van der Waals surface area (Å²) in [6.45, 7) is 12.1. The van der Waals surface area contributed by atoms with E-state index in [9.17, 15) is 0 Å². The zero-order valence-electron chi connectivity index (χ0n) is 13.7. The molecule has 0 aliphatic carbocycles. The molecule has 1 rings (SSSR count). The van der Waals surface area contributed by atoms with Crippen molar-refractivity contribution in [2.24, 2.45) is 17.6 Å². The number of rotatable bonds is 9. The smallest absolute Gasteiger partial charge is 0.0236 e. The first kappa shape index (κ1) is 17.2. The Labute approximate surface area is 125 Å². The Bertz CT molecular complexity index is 346. The van der Waals surface area contributed by atoms with Gasteiger partial charge in [0.2, 0.25) is 0 Å². The van der Waals surface area contributed by atoms with Gasteiger partial charge in [0, 0.05) is 12.6 Å². The van der Waals surface area contributed by atoms with Gasteiger partial charge in [0.15, 0.2) is 0 Å². The quantitative estimate of drug-likeness (QED) is 0.741. The van der Waals surface area contributed by atoms with Gasteiger partial charge < -0.3 is 5.73 Å². The first-order valence-electron chi connectivity index (χ1n) is 8.01. The first-order valence-corrected chi connectivity index (χ1v) is 8.01. The zero-order chi connectivity index (χ0) is 15.0. The van der Waals surface area contributed by atoms with E-state index in [2.05, 4.69) is 62.9 Å². The molecule has 2 N–H and O–H groups in total. The fourth-order valence-corrected chi connectivity index (χ4v) is 2.68. The van der Waals surface area contributed by atoms with E-state index >= 15 is 0 Å². The van der Waals surface area contributed by atoms with Crippen LogP contribution in [0.25, 0.3) is 0 Å². The molecule has 1 aromatic rings. The van der Waals surface area contributed by atoms with Crippen LogP contribution in [0.1, 0.15) is 46.1 Å². The van der Waals surface area contributed by atoms with Crippen molar-refractivity contribution in [1.82, 2.24) is 4.90 Å². The monoisotopic (exact) mass is 276 g/mol. The lowest BCUT2D eigenvalue weighted by Gasteiger charge is -2.28. The average molecular weight is 276 g/mol. The Morgan fingerprint density at radius 2 is 1.70 bits per heavy atom. The molecule has 1 unspecified atom stereocenters. The second-order valence-electron chi connectivity index (χ2n) is 6.57. The van der Waals surface area contributed by atoms with E-state index in [0.717, 1.165) is 25.6 Å². The highest BCUT2D eigenvalue weighted by Gasteiger charge is 2.14. The van der Waals surface area contributed by atoms with Crippen molar-refractivity contribution < 1.29 is 0 Å². The molecule has 114 valence electrons. The van der Waals surface area contributed by atoms with Gasteiger partial charge in [0.05, 0.1) is 0 Å². The minimum Gasteiger partial charge on any atom is -0.330 e. The van der Waals surface area contributed by atoms with E-state index in [1.807, 2.05) is 0 Å². The molecule has 0 aromatic heterocycles. The second kappa shape index (κ2) is 9.15. The molecule has 0 bridgehead atoms. The molecule has 2 nitrogen and oxygen atoms in total. The third-order valence-electron chi connectivity index (χ3n) is 3.92. The van der Waals surface area contributed by atoms with Gasteiger partial charge in [-0.25, -0.2) is 0 Å². The molecule has 0 saturated heterocycles. The predicted octanol–water partition coefficient (Wildman–Crippen LogP) is 3.91. The normalized spacial score (nSPS) is 13.4. The van der Waals surface area contributed by atoms with E-state index in [4.69, 9.17) is 5.73 Å². The Morgan fingerprint density at radius 3 is 2.20 bits per heavy atom. The van der Waals surface area contributed by atoms with Gasteiger partial charge in [-0.15, -0.1) is 0 Å². The van der Waals surface area contributed by atoms with Gasteiger partial charge in [-0.05, 0) is 57.2 Å². The minimum atomic E-state index is 0.577. The zero-order valence-corrected chi connectivity index (χ0v) is 13.7. The van der Waals surface area contributed by atoms with Crippen LogP contribution in [-0.4, -0.2) is 24.0 Å². The van der Waals surface area contributed by atoms with Gasteiger partial charge in [-0.1, -0.05) is 44.2 Å². The van der Waals surface area contributed by atoms with Crippen molar-refractivity contribution in [2.45, 2.75) is 53.1 Å². The highest BCUT2D eigenvalue weighted by atomic mass is 15.1. The third-order valence-corrected chi connectivity index (χ3v) is 3.92. The largest absolute Gasteiger partial charge is 0.330 e. The molecule has 2 heteroatoms. The lowest BCUT2D eigenvalue weighted by atomic mass is 9.94. The Hall–Kier alpha value is -0.860. The molecule has 0 amide bonds. The highest BCUT2D eigenvalue weighted by Crippen LogP contribution is 2.17. The summed E-state index contributed by atoms with van der Waals surface area (Å²) in [5.41, 5.74) is 7.31. The van der Waals surface area contributed by atoms with Crippen LogP contribution in [0.2, 0.25) is 0 Å². The summed E-state index contributed by atoms with van der Waals surface area (Å²) in [4.78, 5) is 2.55. The van der Waals surface area contributed by atoms with Crippen molar-refractivity contribution in [3.63, 3.8) is 0 Å². The maximum atomic E-state index is 5.92.